The summed E-state index contributed by atoms with van der Waals surface area (Å²) in [5, 5.41) is 6.97. The van der Waals surface area contributed by atoms with Crippen molar-refractivity contribution in [3.8, 4) is 11.3 Å². The van der Waals surface area contributed by atoms with Gasteiger partial charge in [-0.1, -0.05) is 23.4 Å². The number of nitrogens with zero attached hydrogens (tertiary/aromatic N) is 3. The Bertz CT molecular complexity index is 1060. The SMILES string of the molecule is Cc1cc(-c2cnc(C)nc2C2CCC(CNC(=O)Cc3ccccc3F)CC2)on1. The number of hydrogen-bond donors (Lipinski definition) is 1. The van der Waals surface area contributed by atoms with Gasteiger partial charge in [-0.25, -0.2) is 14.4 Å². The quantitative estimate of drug-likeness (QED) is 0.632. The number of carbonyl (C=O) groups excluding carboxylic acids is 1. The van der Waals surface area contributed by atoms with Gasteiger partial charge >= 0.3 is 0 Å². The molecule has 1 aromatic carbocycles. The molecule has 1 aliphatic carbocycles. The average molecular weight is 423 g/mol. The zero-order valence-electron chi connectivity index (χ0n) is 17.9. The number of carbonyl (C=O) groups is 1. The number of aryl methyl sites for hydroxylation is 2. The Morgan fingerprint density at radius 2 is 1.97 bits per heavy atom. The van der Waals surface area contributed by atoms with E-state index in [0.717, 1.165) is 48.5 Å². The minimum absolute atomic E-state index is 0.0716. The highest BCUT2D eigenvalue weighted by Crippen LogP contribution is 2.38. The van der Waals surface area contributed by atoms with Crippen molar-refractivity contribution in [1.82, 2.24) is 20.4 Å². The molecule has 1 saturated carbocycles. The van der Waals surface area contributed by atoms with Crippen LogP contribution in [-0.2, 0) is 11.2 Å². The number of benzene rings is 1. The van der Waals surface area contributed by atoms with Crippen LogP contribution in [0.15, 0.2) is 41.1 Å². The Balaban J connectivity index is 1.33. The van der Waals surface area contributed by atoms with Crippen molar-refractivity contribution >= 4 is 5.91 Å². The van der Waals surface area contributed by atoms with Crippen molar-refractivity contribution in [2.75, 3.05) is 6.54 Å². The van der Waals surface area contributed by atoms with Crippen LogP contribution in [0.3, 0.4) is 0 Å². The third-order valence-corrected chi connectivity index (χ3v) is 5.96. The fourth-order valence-electron chi connectivity index (χ4n) is 4.25. The molecule has 1 fully saturated rings. The Morgan fingerprint density at radius 1 is 1.19 bits per heavy atom. The van der Waals surface area contributed by atoms with Gasteiger partial charge in [-0.3, -0.25) is 4.79 Å². The standard InChI is InChI=1S/C24H27FN4O2/c1-15-11-22(31-29-15)20-14-26-16(2)28-24(20)18-9-7-17(8-10-18)13-27-23(30)12-19-5-3-4-6-21(19)25/h3-6,11,14,17-18H,7-10,12-13H2,1-2H3,(H,27,30). The van der Waals surface area contributed by atoms with E-state index in [2.05, 4.69) is 15.5 Å². The summed E-state index contributed by atoms with van der Waals surface area (Å²) in [5.41, 5.74) is 3.19. The topological polar surface area (TPSA) is 80.9 Å². The summed E-state index contributed by atoms with van der Waals surface area (Å²) < 4.78 is 19.2. The third-order valence-electron chi connectivity index (χ3n) is 5.96. The fourth-order valence-corrected chi connectivity index (χ4v) is 4.25. The van der Waals surface area contributed by atoms with Gasteiger partial charge in [0.1, 0.15) is 11.6 Å². The van der Waals surface area contributed by atoms with Crippen LogP contribution in [0.1, 0.15) is 54.4 Å². The lowest BCUT2D eigenvalue weighted by atomic mass is 9.79. The number of halogens is 1. The molecule has 1 N–H and O–H groups in total. The Morgan fingerprint density at radius 3 is 2.68 bits per heavy atom. The highest BCUT2D eigenvalue weighted by atomic mass is 19.1. The van der Waals surface area contributed by atoms with E-state index in [-0.39, 0.29) is 18.1 Å². The van der Waals surface area contributed by atoms with Crippen LogP contribution < -0.4 is 5.32 Å². The largest absolute Gasteiger partial charge is 0.356 e. The predicted octanol–water partition coefficient (Wildman–Crippen LogP) is 4.52. The Labute approximate surface area is 181 Å². The van der Waals surface area contributed by atoms with Crippen LogP contribution in [0.5, 0.6) is 0 Å². The summed E-state index contributed by atoms with van der Waals surface area (Å²) in [6, 6.07) is 8.32. The molecule has 6 nitrogen and oxygen atoms in total. The van der Waals surface area contributed by atoms with E-state index in [0.29, 0.717) is 29.7 Å². The second-order valence-corrected chi connectivity index (χ2v) is 8.34. The Kier molecular flexibility index (Phi) is 6.39. The molecule has 0 spiro atoms. The molecule has 162 valence electrons. The summed E-state index contributed by atoms with van der Waals surface area (Å²) >= 11 is 0. The first-order valence-electron chi connectivity index (χ1n) is 10.8. The molecule has 1 amide bonds. The summed E-state index contributed by atoms with van der Waals surface area (Å²) in [6.45, 7) is 4.42. The molecule has 0 radical (unpaired) electrons. The first-order valence-corrected chi connectivity index (χ1v) is 10.8. The van der Waals surface area contributed by atoms with E-state index in [1.165, 1.54) is 6.07 Å². The van der Waals surface area contributed by atoms with Gasteiger partial charge < -0.3 is 9.84 Å². The minimum Gasteiger partial charge on any atom is -0.356 e. The number of hydrogen-bond acceptors (Lipinski definition) is 5. The molecule has 4 rings (SSSR count). The van der Waals surface area contributed by atoms with Gasteiger partial charge in [0.25, 0.3) is 0 Å². The number of rotatable bonds is 6. The van der Waals surface area contributed by atoms with Gasteiger partial charge in [-0.05, 0) is 57.1 Å². The fraction of sp³-hybridized carbons (Fsp3) is 0.417. The highest BCUT2D eigenvalue weighted by molar-refractivity contribution is 5.78. The second-order valence-electron chi connectivity index (χ2n) is 8.34. The van der Waals surface area contributed by atoms with Crippen LogP contribution >= 0.6 is 0 Å². The van der Waals surface area contributed by atoms with Gasteiger partial charge in [0, 0.05) is 24.7 Å². The van der Waals surface area contributed by atoms with E-state index in [1.54, 1.807) is 18.2 Å². The van der Waals surface area contributed by atoms with Crippen molar-refractivity contribution in [2.45, 2.75) is 51.9 Å². The number of nitrogens with one attached hydrogen (secondary N) is 1. The van der Waals surface area contributed by atoms with Crippen molar-refractivity contribution in [1.29, 1.82) is 0 Å². The van der Waals surface area contributed by atoms with E-state index in [1.807, 2.05) is 26.1 Å². The van der Waals surface area contributed by atoms with E-state index < -0.39 is 0 Å². The zero-order chi connectivity index (χ0) is 21.8. The smallest absolute Gasteiger partial charge is 0.224 e. The molecular formula is C24H27FN4O2. The molecule has 0 atom stereocenters. The van der Waals surface area contributed by atoms with Gasteiger partial charge in [0.15, 0.2) is 5.76 Å². The number of aromatic nitrogens is 3. The maximum atomic E-state index is 13.7. The van der Waals surface area contributed by atoms with Gasteiger partial charge in [-0.15, -0.1) is 0 Å². The summed E-state index contributed by atoms with van der Waals surface area (Å²) in [6.07, 6.45) is 5.88. The van der Waals surface area contributed by atoms with Gasteiger partial charge in [0.05, 0.1) is 23.4 Å². The van der Waals surface area contributed by atoms with Crippen molar-refractivity contribution in [3.63, 3.8) is 0 Å². The minimum atomic E-state index is -0.337. The van der Waals surface area contributed by atoms with Gasteiger partial charge in [-0.2, -0.15) is 0 Å². The molecule has 0 aliphatic heterocycles. The predicted molar refractivity (Wildman–Crippen MR) is 115 cm³/mol. The average Bonchev–Trinajstić information content (AvgIpc) is 3.20. The second kappa shape index (κ2) is 9.37. The molecular weight excluding hydrogens is 395 g/mol. The molecule has 0 bridgehead atoms. The van der Waals surface area contributed by atoms with Crippen molar-refractivity contribution in [3.05, 3.63) is 65.1 Å². The van der Waals surface area contributed by atoms with Crippen LogP contribution in [0.2, 0.25) is 0 Å². The normalized spacial score (nSPS) is 18.7. The van der Waals surface area contributed by atoms with E-state index >= 15 is 0 Å². The molecule has 0 saturated heterocycles. The summed E-state index contributed by atoms with van der Waals surface area (Å²) in [4.78, 5) is 21.3. The van der Waals surface area contributed by atoms with E-state index in [9.17, 15) is 9.18 Å². The third kappa shape index (κ3) is 5.16. The monoisotopic (exact) mass is 422 g/mol. The van der Waals surface area contributed by atoms with Crippen LogP contribution in [0.4, 0.5) is 4.39 Å². The zero-order valence-corrected chi connectivity index (χ0v) is 17.9. The van der Waals surface area contributed by atoms with Crippen molar-refractivity contribution < 1.29 is 13.7 Å². The molecule has 0 unspecified atom stereocenters. The highest BCUT2D eigenvalue weighted by Gasteiger charge is 2.27. The molecule has 1 aliphatic rings. The van der Waals surface area contributed by atoms with Crippen LogP contribution in [0.25, 0.3) is 11.3 Å². The first-order chi connectivity index (χ1) is 15.0. The molecule has 2 heterocycles. The van der Waals surface area contributed by atoms with Crippen LogP contribution in [0, 0.1) is 25.6 Å². The summed E-state index contributed by atoms with van der Waals surface area (Å²) in [5.74, 6) is 1.72. The molecule has 7 heteroatoms. The first kappa shape index (κ1) is 21.2. The van der Waals surface area contributed by atoms with Crippen LogP contribution in [-0.4, -0.2) is 27.6 Å². The molecule has 3 aromatic rings. The van der Waals surface area contributed by atoms with Crippen molar-refractivity contribution in [2.24, 2.45) is 5.92 Å². The lowest BCUT2D eigenvalue weighted by Gasteiger charge is -2.29. The molecule has 2 aromatic heterocycles. The Hall–Kier alpha value is -3.09. The van der Waals surface area contributed by atoms with E-state index in [4.69, 9.17) is 9.51 Å². The maximum Gasteiger partial charge on any atom is 0.224 e. The lowest BCUT2D eigenvalue weighted by molar-refractivity contribution is -0.120. The number of amides is 1. The maximum absolute atomic E-state index is 13.7. The molecule has 31 heavy (non-hydrogen) atoms. The lowest BCUT2D eigenvalue weighted by Crippen LogP contribution is -2.32. The van der Waals surface area contributed by atoms with Gasteiger partial charge in [0.2, 0.25) is 5.91 Å². The summed E-state index contributed by atoms with van der Waals surface area (Å²) in [7, 11) is 0.